The van der Waals surface area contributed by atoms with E-state index in [-0.39, 0.29) is 28.6 Å². The Morgan fingerprint density at radius 1 is 1.33 bits per heavy atom. The fraction of sp³-hybridized carbons (Fsp3) is 0.118. The number of hydrogen-bond acceptors (Lipinski definition) is 7. The summed E-state index contributed by atoms with van der Waals surface area (Å²) in [5.74, 6) is -1.40. The molecule has 0 spiro atoms. The van der Waals surface area contributed by atoms with Crippen LogP contribution in [-0.2, 0) is 4.79 Å². The van der Waals surface area contributed by atoms with Gasteiger partial charge in [-0.15, -0.1) is 0 Å². The Morgan fingerprint density at radius 2 is 2.07 bits per heavy atom. The molecule has 0 unspecified atom stereocenters. The number of aromatic amines is 1. The maximum Gasteiger partial charge on any atom is 0.341 e. The van der Waals surface area contributed by atoms with Crippen molar-refractivity contribution in [3.8, 4) is 22.9 Å². The van der Waals surface area contributed by atoms with Gasteiger partial charge in [0.2, 0.25) is 0 Å². The van der Waals surface area contributed by atoms with Crippen molar-refractivity contribution in [2.24, 2.45) is 0 Å². The Morgan fingerprint density at radius 3 is 2.74 bits per heavy atom. The first-order chi connectivity index (χ1) is 12.9. The smallest absolute Gasteiger partial charge is 0.341 e. The van der Waals surface area contributed by atoms with Crippen LogP contribution < -0.4 is 15.0 Å². The Kier molecular flexibility index (Phi) is 4.71. The van der Waals surface area contributed by atoms with E-state index in [0.717, 1.165) is 12.1 Å². The molecule has 0 amide bonds. The molecule has 2 N–H and O–H groups in total. The topological polar surface area (TPSA) is 145 Å². The van der Waals surface area contributed by atoms with Crippen molar-refractivity contribution in [1.29, 1.82) is 0 Å². The standard InChI is InChI=1S/C17H13N3O7/c1-26-13-7-9(20(24)25)6-11(15(13)27-8-14(21)22)16-18-12-5-3-2-4-10(12)17(23)19-16/h2-7H,8H2,1H3,(H,21,22)(H,18,19,23). The number of ether oxygens (including phenoxy) is 2. The van der Waals surface area contributed by atoms with Gasteiger partial charge in [0.25, 0.3) is 11.2 Å². The molecule has 0 fully saturated rings. The first kappa shape index (κ1) is 17.9. The summed E-state index contributed by atoms with van der Waals surface area (Å²) in [7, 11) is 1.26. The number of hydrogen-bond donors (Lipinski definition) is 2. The number of carboxylic acid groups (broad SMARTS) is 1. The number of benzene rings is 2. The van der Waals surface area contributed by atoms with Gasteiger partial charge in [-0.2, -0.15) is 0 Å². The quantitative estimate of drug-likeness (QED) is 0.494. The third kappa shape index (κ3) is 3.54. The molecule has 1 aromatic heterocycles. The van der Waals surface area contributed by atoms with Gasteiger partial charge in [0.15, 0.2) is 18.1 Å². The predicted octanol–water partition coefficient (Wildman–Crippen LogP) is 1.97. The number of aromatic nitrogens is 2. The number of H-pyrrole nitrogens is 1. The monoisotopic (exact) mass is 371 g/mol. The largest absolute Gasteiger partial charge is 0.493 e. The minimum absolute atomic E-state index is 0.0129. The number of carbonyl (C=O) groups is 1. The molecule has 2 aromatic carbocycles. The van der Waals surface area contributed by atoms with E-state index in [4.69, 9.17) is 14.6 Å². The van der Waals surface area contributed by atoms with Crippen molar-refractivity contribution in [2.45, 2.75) is 0 Å². The van der Waals surface area contributed by atoms with Crippen LogP contribution in [-0.4, -0.2) is 39.7 Å². The Balaban J connectivity index is 2.28. The van der Waals surface area contributed by atoms with E-state index in [1.165, 1.54) is 7.11 Å². The molecule has 0 bridgehead atoms. The van der Waals surface area contributed by atoms with Gasteiger partial charge in [0.1, 0.15) is 5.82 Å². The summed E-state index contributed by atoms with van der Waals surface area (Å²) in [6.07, 6.45) is 0. The lowest BCUT2D eigenvalue weighted by atomic mass is 10.1. The maximum atomic E-state index is 12.3. The van der Waals surface area contributed by atoms with Crippen LogP contribution in [0.4, 0.5) is 5.69 Å². The summed E-state index contributed by atoms with van der Waals surface area (Å²) < 4.78 is 10.4. The summed E-state index contributed by atoms with van der Waals surface area (Å²) in [5, 5.41) is 20.5. The van der Waals surface area contributed by atoms with Gasteiger partial charge < -0.3 is 19.6 Å². The van der Waals surface area contributed by atoms with E-state index in [1.54, 1.807) is 24.3 Å². The number of nitrogens with zero attached hydrogens (tertiary/aromatic N) is 2. The molecule has 1 heterocycles. The Hall–Kier alpha value is -3.95. The fourth-order valence-electron chi connectivity index (χ4n) is 2.52. The van der Waals surface area contributed by atoms with E-state index in [1.807, 2.05) is 0 Å². The van der Waals surface area contributed by atoms with Crippen LogP contribution >= 0.6 is 0 Å². The highest BCUT2D eigenvalue weighted by molar-refractivity contribution is 5.81. The Labute approximate surface area is 151 Å². The van der Waals surface area contributed by atoms with Gasteiger partial charge in [-0.25, -0.2) is 9.78 Å². The van der Waals surface area contributed by atoms with E-state index < -0.39 is 23.1 Å². The van der Waals surface area contributed by atoms with Gasteiger partial charge in [-0.3, -0.25) is 14.9 Å². The van der Waals surface area contributed by atoms with Crippen molar-refractivity contribution in [3.63, 3.8) is 0 Å². The van der Waals surface area contributed by atoms with E-state index in [2.05, 4.69) is 9.97 Å². The number of nitro benzene ring substituents is 1. The van der Waals surface area contributed by atoms with E-state index in [0.29, 0.717) is 10.9 Å². The lowest BCUT2D eigenvalue weighted by Crippen LogP contribution is -2.13. The second-order valence-electron chi connectivity index (χ2n) is 5.40. The van der Waals surface area contributed by atoms with E-state index in [9.17, 15) is 19.7 Å². The van der Waals surface area contributed by atoms with Crippen LogP contribution in [0.1, 0.15) is 0 Å². The van der Waals surface area contributed by atoms with Crippen molar-refractivity contribution < 1.29 is 24.3 Å². The van der Waals surface area contributed by atoms with Crippen LogP contribution in [0.3, 0.4) is 0 Å². The van der Waals surface area contributed by atoms with Gasteiger partial charge in [0.05, 0.1) is 34.6 Å². The van der Waals surface area contributed by atoms with Gasteiger partial charge in [-0.05, 0) is 12.1 Å². The molecule has 0 saturated heterocycles. The predicted molar refractivity (Wildman–Crippen MR) is 94.1 cm³/mol. The summed E-state index contributed by atoms with van der Waals surface area (Å²) >= 11 is 0. The fourth-order valence-corrected chi connectivity index (χ4v) is 2.52. The van der Waals surface area contributed by atoms with Crippen LogP contribution in [0.2, 0.25) is 0 Å². The number of nitro groups is 1. The average Bonchev–Trinajstić information content (AvgIpc) is 2.65. The number of fused-ring (bicyclic) bond motifs is 1. The highest BCUT2D eigenvalue weighted by Crippen LogP contribution is 2.40. The van der Waals surface area contributed by atoms with Crippen molar-refractivity contribution in [3.05, 3.63) is 56.9 Å². The normalized spacial score (nSPS) is 10.6. The summed E-state index contributed by atoms with van der Waals surface area (Å²) in [5.41, 5.74) is -0.387. The maximum absolute atomic E-state index is 12.3. The van der Waals surface area contributed by atoms with Crippen LogP contribution in [0.25, 0.3) is 22.3 Å². The highest BCUT2D eigenvalue weighted by Gasteiger charge is 2.22. The molecule has 0 aliphatic carbocycles. The molecular weight excluding hydrogens is 358 g/mol. The minimum Gasteiger partial charge on any atom is -0.493 e. The highest BCUT2D eigenvalue weighted by atomic mass is 16.6. The zero-order valence-corrected chi connectivity index (χ0v) is 14.0. The third-order valence-electron chi connectivity index (χ3n) is 3.68. The third-order valence-corrected chi connectivity index (χ3v) is 3.68. The van der Waals surface area contributed by atoms with Crippen molar-refractivity contribution in [1.82, 2.24) is 9.97 Å². The molecule has 138 valence electrons. The first-order valence-electron chi connectivity index (χ1n) is 7.61. The molecule has 0 aliphatic rings. The Bertz CT molecular complexity index is 1110. The molecule has 27 heavy (non-hydrogen) atoms. The number of non-ortho nitro benzene ring substituents is 1. The number of para-hydroxylation sites is 1. The molecule has 0 aliphatic heterocycles. The molecule has 0 saturated carbocycles. The van der Waals surface area contributed by atoms with Crippen LogP contribution in [0.5, 0.6) is 11.5 Å². The number of nitrogens with one attached hydrogen (secondary N) is 1. The summed E-state index contributed by atoms with van der Waals surface area (Å²) in [6.45, 7) is -0.709. The van der Waals surface area contributed by atoms with Gasteiger partial charge in [0, 0.05) is 6.07 Å². The second-order valence-corrected chi connectivity index (χ2v) is 5.40. The van der Waals surface area contributed by atoms with Crippen LogP contribution in [0, 0.1) is 10.1 Å². The molecule has 3 rings (SSSR count). The number of carboxylic acids is 1. The minimum atomic E-state index is -1.25. The van der Waals surface area contributed by atoms with Crippen molar-refractivity contribution >= 4 is 22.6 Å². The molecule has 10 nitrogen and oxygen atoms in total. The zero-order valence-electron chi connectivity index (χ0n) is 14.0. The number of methoxy groups -OCH3 is 1. The molecular formula is C17H13N3O7. The SMILES string of the molecule is COc1cc([N+](=O)[O-])cc(-c2nc3ccccc3c(=O)[nH]2)c1OCC(=O)O. The first-order valence-corrected chi connectivity index (χ1v) is 7.61. The molecule has 10 heteroatoms. The van der Waals surface area contributed by atoms with Crippen LogP contribution in [0.15, 0.2) is 41.2 Å². The van der Waals surface area contributed by atoms with Gasteiger partial charge >= 0.3 is 5.97 Å². The molecule has 3 aromatic rings. The average molecular weight is 371 g/mol. The number of aliphatic carboxylic acids is 1. The van der Waals surface area contributed by atoms with E-state index >= 15 is 0 Å². The molecule has 0 atom stereocenters. The lowest BCUT2D eigenvalue weighted by Gasteiger charge is -2.14. The summed E-state index contributed by atoms with van der Waals surface area (Å²) in [6, 6.07) is 8.79. The van der Waals surface area contributed by atoms with Crippen molar-refractivity contribution in [2.75, 3.05) is 13.7 Å². The second kappa shape index (κ2) is 7.12. The number of rotatable bonds is 6. The van der Waals surface area contributed by atoms with Gasteiger partial charge in [-0.1, -0.05) is 12.1 Å². The molecule has 0 radical (unpaired) electrons. The summed E-state index contributed by atoms with van der Waals surface area (Å²) in [4.78, 5) is 40.6. The zero-order chi connectivity index (χ0) is 19.6. The lowest BCUT2D eigenvalue weighted by molar-refractivity contribution is -0.384.